The number of benzene rings is 1. The third-order valence-electron chi connectivity index (χ3n) is 4.17. The molecule has 1 aliphatic rings. The molecule has 8 heteroatoms. The molecule has 1 amide bonds. The Hall–Kier alpha value is -2.64. The molecule has 0 saturated carbocycles. The highest BCUT2D eigenvalue weighted by molar-refractivity contribution is 5.67. The topological polar surface area (TPSA) is 85.2 Å². The molecule has 1 aromatic carbocycles. The quantitative estimate of drug-likeness (QED) is 0.917. The smallest absolute Gasteiger partial charge is 0.410 e. The normalized spacial score (nSPS) is 15.4. The summed E-state index contributed by atoms with van der Waals surface area (Å²) in [5, 5.41) is 15.3. The van der Waals surface area contributed by atoms with Crippen LogP contribution >= 0.6 is 0 Å². The van der Waals surface area contributed by atoms with E-state index in [-0.39, 0.29) is 18.2 Å². The van der Waals surface area contributed by atoms with E-state index in [0.717, 1.165) is 18.5 Å². The minimum Gasteiger partial charge on any atom is -0.447 e. The molecule has 0 atom stereocenters. The maximum atomic E-state index is 11.9. The standard InChI is InChI=1S/C17H24N6O2/c1-12(2)25-17(24)22-10-8-14(9-11-22)18-16-19-20-21-23(16)15-6-4-13(3)5-7-15/h4-7,12,14H,8-11H2,1-3H3,(H,18,19,21). The summed E-state index contributed by atoms with van der Waals surface area (Å²) in [6.45, 7) is 7.08. The van der Waals surface area contributed by atoms with Gasteiger partial charge < -0.3 is 15.0 Å². The lowest BCUT2D eigenvalue weighted by Crippen LogP contribution is -2.43. The molecule has 0 unspecified atom stereocenters. The van der Waals surface area contributed by atoms with Gasteiger partial charge in [0, 0.05) is 19.1 Å². The van der Waals surface area contributed by atoms with Crippen LogP contribution in [0.4, 0.5) is 10.7 Å². The maximum absolute atomic E-state index is 11.9. The van der Waals surface area contributed by atoms with Gasteiger partial charge in [0.2, 0.25) is 5.95 Å². The van der Waals surface area contributed by atoms with E-state index in [0.29, 0.717) is 19.0 Å². The average molecular weight is 344 g/mol. The summed E-state index contributed by atoms with van der Waals surface area (Å²) in [5.74, 6) is 0.618. The van der Waals surface area contributed by atoms with Gasteiger partial charge in [0.15, 0.2) is 0 Å². The molecule has 1 fully saturated rings. The highest BCUT2D eigenvalue weighted by atomic mass is 16.6. The van der Waals surface area contributed by atoms with Gasteiger partial charge in [-0.05, 0) is 56.2 Å². The fraction of sp³-hybridized carbons (Fsp3) is 0.529. The molecule has 0 bridgehead atoms. The Labute approximate surface area is 147 Å². The third kappa shape index (κ3) is 4.26. The highest BCUT2D eigenvalue weighted by Gasteiger charge is 2.25. The van der Waals surface area contributed by atoms with Crippen molar-refractivity contribution in [2.75, 3.05) is 18.4 Å². The molecular weight excluding hydrogens is 320 g/mol. The number of anilines is 1. The van der Waals surface area contributed by atoms with Gasteiger partial charge in [0.1, 0.15) is 0 Å². The van der Waals surface area contributed by atoms with Crippen LogP contribution in [0.25, 0.3) is 5.69 Å². The molecule has 2 aromatic rings. The number of aromatic nitrogens is 4. The Morgan fingerprint density at radius 2 is 1.92 bits per heavy atom. The first-order valence-corrected chi connectivity index (χ1v) is 8.60. The van der Waals surface area contributed by atoms with E-state index in [1.807, 2.05) is 45.0 Å². The lowest BCUT2D eigenvalue weighted by atomic mass is 10.1. The maximum Gasteiger partial charge on any atom is 0.410 e. The predicted molar refractivity (Wildman–Crippen MR) is 93.7 cm³/mol. The van der Waals surface area contributed by atoms with Gasteiger partial charge in [-0.3, -0.25) is 0 Å². The number of rotatable bonds is 4. The third-order valence-corrected chi connectivity index (χ3v) is 4.17. The summed E-state index contributed by atoms with van der Waals surface area (Å²) in [4.78, 5) is 13.7. The van der Waals surface area contributed by atoms with Crippen LogP contribution < -0.4 is 5.32 Å². The monoisotopic (exact) mass is 344 g/mol. The Morgan fingerprint density at radius 1 is 1.24 bits per heavy atom. The average Bonchev–Trinajstić information content (AvgIpc) is 3.03. The second kappa shape index (κ2) is 7.50. The number of carbonyl (C=O) groups is 1. The van der Waals surface area contributed by atoms with Crippen LogP contribution in [0.2, 0.25) is 0 Å². The minimum absolute atomic E-state index is 0.0949. The number of ether oxygens (including phenoxy) is 1. The van der Waals surface area contributed by atoms with E-state index in [9.17, 15) is 4.79 Å². The van der Waals surface area contributed by atoms with Crippen molar-refractivity contribution < 1.29 is 9.53 Å². The number of likely N-dealkylation sites (tertiary alicyclic amines) is 1. The number of piperidine rings is 1. The fourth-order valence-electron chi connectivity index (χ4n) is 2.80. The molecule has 1 aliphatic heterocycles. The number of hydrogen-bond acceptors (Lipinski definition) is 6. The van der Waals surface area contributed by atoms with E-state index in [1.165, 1.54) is 5.56 Å². The lowest BCUT2D eigenvalue weighted by Gasteiger charge is -2.32. The molecule has 8 nitrogen and oxygen atoms in total. The first kappa shape index (κ1) is 17.2. The molecule has 1 aromatic heterocycles. The number of amides is 1. The number of aryl methyl sites for hydroxylation is 1. The van der Waals surface area contributed by atoms with Crippen molar-refractivity contribution >= 4 is 12.0 Å². The molecule has 0 spiro atoms. The van der Waals surface area contributed by atoms with Crippen LogP contribution in [-0.4, -0.2) is 56.4 Å². The second-order valence-corrected chi connectivity index (χ2v) is 6.59. The Balaban J connectivity index is 1.59. The second-order valence-electron chi connectivity index (χ2n) is 6.59. The summed E-state index contributed by atoms with van der Waals surface area (Å²) in [5.41, 5.74) is 2.10. The summed E-state index contributed by atoms with van der Waals surface area (Å²) >= 11 is 0. The predicted octanol–water partition coefficient (Wildman–Crippen LogP) is 2.39. The molecule has 1 saturated heterocycles. The van der Waals surface area contributed by atoms with E-state index in [1.54, 1.807) is 9.58 Å². The van der Waals surface area contributed by atoms with Gasteiger partial charge in [-0.15, -0.1) is 0 Å². The summed E-state index contributed by atoms with van der Waals surface area (Å²) < 4.78 is 6.94. The van der Waals surface area contributed by atoms with Gasteiger partial charge in [-0.25, -0.2) is 4.79 Å². The minimum atomic E-state index is -0.238. The first-order chi connectivity index (χ1) is 12.0. The number of nitrogens with one attached hydrogen (secondary N) is 1. The van der Waals surface area contributed by atoms with Gasteiger partial charge in [-0.1, -0.05) is 22.8 Å². The fourth-order valence-corrected chi connectivity index (χ4v) is 2.80. The van der Waals surface area contributed by atoms with Crippen LogP contribution in [0.3, 0.4) is 0 Å². The van der Waals surface area contributed by atoms with Gasteiger partial charge in [0.25, 0.3) is 0 Å². The van der Waals surface area contributed by atoms with Crippen molar-refractivity contribution in [1.29, 1.82) is 0 Å². The van der Waals surface area contributed by atoms with Crippen molar-refractivity contribution in [2.24, 2.45) is 0 Å². The molecule has 0 aliphatic carbocycles. The van der Waals surface area contributed by atoms with Gasteiger partial charge >= 0.3 is 6.09 Å². The van der Waals surface area contributed by atoms with Crippen LogP contribution in [0.1, 0.15) is 32.3 Å². The number of carbonyl (C=O) groups excluding carboxylic acids is 1. The molecule has 134 valence electrons. The van der Waals surface area contributed by atoms with Gasteiger partial charge in [0.05, 0.1) is 11.8 Å². The van der Waals surface area contributed by atoms with Gasteiger partial charge in [-0.2, -0.15) is 4.68 Å². The van der Waals surface area contributed by atoms with Crippen LogP contribution in [-0.2, 0) is 4.74 Å². The van der Waals surface area contributed by atoms with E-state index in [4.69, 9.17) is 4.74 Å². The Kier molecular flexibility index (Phi) is 5.16. The van der Waals surface area contributed by atoms with Crippen molar-refractivity contribution in [3.05, 3.63) is 29.8 Å². The zero-order valence-electron chi connectivity index (χ0n) is 14.8. The number of hydrogen-bond donors (Lipinski definition) is 1. The molecule has 25 heavy (non-hydrogen) atoms. The van der Waals surface area contributed by atoms with E-state index in [2.05, 4.69) is 20.8 Å². The van der Waals surface area contributed by atoms with E-state index < -0.39 is 0 Å². The SMILES string of the molecule is Cc1ccc(-n2nnnc2NC2CCN(C(=O)OC(C)C)CC2)cc1. The van der Waals surface area contributed by atoms with E-state index >= 15 is 0 Å². The molecule has 1 N–H and O–H groups in total. The zero-order valence-corrected chi connectivity index (χ0v) is 14.8. The van der Waals surface area contributed by atoms with Crippen molar-refractivity contribution in [3.63, 3.8) is 0 Å². The first-order valence-electron chi connectivity index (χ1n) is 8.60. The van der Waals surface area contributed by atoms with Crippen LogP contribution in [0.5, 0.6) is 0 Å². The van der Waals surface area contributed by atoms with Crippen molar-refractivity contribution in [1.82, 2.24) is 25.1 Å². The van der Waals surface area contributed by atoms with Crippen molar-refractivity contribution in [3.8, 4) is 5.69 Å². The lowest BCUT2D eigenvalue weighted by molar-refractivity contribution is 0.0701. The summed E-state index contributed by atoms with van der Waals surface area (Å²) in [6.07, 6.45) is 1.32. The van der Waals surface area contributed by atoms with Crippen LogP contribution in [0.15, 0.2) is 24.3 Å². The zero-order chi connectivity index (χ0) is 17.8. The van der Waals surface area contributed by atoms with Crippen molar-refractivity contribution in [2.45, 2.75) is 45.8 Å². The highest BCUT2D eigenvalue weighted by Crippen LogP contribution is 2.18. The Morgan fingerprint density at radius 3 is 2.56 bits per heavy atom. The van der Waals surface area contributed by atoms with Crippen LogP contribution in [0, 0.1) is 6.92 Å². The molecular formula is C17H24N6O2. The molecule has 2 heterocycles. The number of nitrogens with zero attached hydrogens (tertiary/aromatic N) is 5. The summed E-state index contributed by atoms with van der Waals surface area (Å²) in [7, 11) is 0. The largest absolute Gasteiger partial charge is 0.447 e. The Bertz CT molecular complexity index is 704. The number of tetrazole rings is 1. The molecule has 3 rings (SSSR count). The molecule has 0 radical (unpaired) electrons. The summed E-state index contributed by atoms with van der Waals surface area (Å²) in [6, 6.07) is 8.25.